The first kappa shape index (κ1) is 18.2. The third-order valence-corrected chi connectivity index (χ3v) is 3.70. The minimum atomic E-state index is -1.51. The van der Waals surface area contributed by atoms with Gasteiger partial charge in [0, 0.05) is 0 Å². The first-order chi connectivity index (χ1) is 9.57. The second-order valence-corrected chi connectivity index (χ2v) is 7.63. The van der Waals surface area contributed by atoms with Gasteiger partial charge in [-0.15, -0.1) is 0 Å². The van der Waals surface area contributed by atoms with Gasteiger partial charge in [0.2, 0.25) is 0 Å². The van der Waals surface area contributed by atoms with Crippen molar-refractivity contribution in [1.82, 2.24) is 0 Å². The van der Waals surface area contributed by atoms with Crippen LogP contribution in [0.5, 0.6) is 5.75 Å². The van der Waals surface area contributed by atoms with Crippen molar-refractivity contribution in [2.24, 2.45) is 0 Å². The minimum Gasteiger partial charge on any atom is -0.465 e. The molecule has 2 N–H and O–H groups in total. The van der Waals surface area contributed by atoms with Gasteiger partial charge in [-0.05, 0) is 53.7 Å². The fourth-order valence-corrected chi connectivity index (χ4v) is 2.44. The van der Waals surface area contributed by atoms with Crippen molar-refractivity contribution < 1.29 is 18.3 Å². The van der Waals surface area contributed by atoms with Crippen LogP contribution >= 0.6 is 8.60 Å². The van der Waals surface area contributed by atoms with Crippen LogP contribution in [0.1, 0.15) is 41.5 Å². The molecule has 21 heavy (non-hydrogen) atoms. The number of nitrogens with two attached hydrogens (primary N) is 1. The van der Waals surface area contributed by atoms with E-state index in [1.165, 1.54) is 0 Å². The third kappa shape index (κ3) is 8.22. The lowest BCUT2D eigenvalue weighted by molar-refractivity contribution is 0.00867. The highest BCUT2D eigenvalue weighted by Crippen LogP contribution is 2.47. The van der Waals surface area contributed by atoms with Crippen LogP contribution in [0.4, 0.5) is 5.69 Å². The topological polar surface area (TPSA) is 62.9 Å². The maximum absolute atomic E-state index is 5.80. The SMILES string of the molecule is CC(C)(C)OP(OCOc1ccccc1N)OC(C)(C)C. The van der Waals surface area contributed by atoms with E-state index in [-0.39, 0.29) is 18.0 Å². The summed E-state index contributed by atoms with van der Waals surface area (Å²) in [6.07, 6.45) is 0. The van der Waals surface area contributed by atoms with Crippen LogP contribution < -0.4 is 10.5 Å². The molecule has 0 atom stereocenters. The molecule has 0 aliphatic heterocycles. The molecular formula is C15H26NO4P. The van der Waals surface area contributed by atoms with Gasteiger partial charge in [0.05, 0.1) is 16.9 Å². The molecule has 120 valence electrons. The lowest BCUT2D eigenvalue weighted by Gasteiger charge is -2.30. The zero-order chi connectivity index (χ0) is 16.1. The Morgan fingerprint density at radius 2 is 1.48 bits per heavy atom. The van der Waals surface area contributed by atoms with Crippen LogP contribution in [0.2, 0.25) is 0 Å². The lowest BCUT2D eigenvalue weighted by atomic mass is 10.2. The van der Waals surface area contributed by atoms with E-state index in [4.69, 9.17) is 24.0 Å². The zero-order valence-electron chi connectivity index (χ0n) is 13.7. The molecule has 6 heteroatoms. The van der Waals surface area contributed by atoms with Gasteiger partial charge in [0.1, 0.15) is 5.75 Å². The molecular weight excluding hydrogens is 289 g/mol. The first-order valence-corrected chi connectivity index (χ1v) is 7.95. The molecule has 1 aromatic carbocycles. The van der Waals surface area contributed by atoms with Gasteiger partial charge in [0.15, 0.2) is 6.79 Å². The van der Waals surface area contributed by atoms with Crippen molar-refractivity contribution >= 4 is 14.3 Å². The van der Waals surface area contributed by atoms with Gasteiger partial charge in [-0.1, -0.05) is 12.1 Å². The lowest BCUT2D eigenvalue weighted by Crippen LogP contribution is -2.23. The summed E-state index contributed by atoms with van der Waals surface area (Å²) in [6.45, 7) is 11.7. The normalized spacial score (nSPS) is 12.7. The highest BCUT2D eigenvalue weighted by Gasteiger charge is 2.27. The second kappa shape index (κ2) is 7.41. The predicted molar refractivity (Wildman–Crippen MR) is 86.0 cm³/mol. The maximum Gasteiger partial charge on any atom is 0.336 e. The van der Waals surface area contributed by atoms with E-state index < -0.39 is 8.60 Å². The van der Waals surface area contributed by atoms with Gasteiger partial charge in [-0.3, -0.25) is 4.52 Å². The summed E-state index contributed by atoms with van der Waals surface area (Å²) in [7, 11) is -1.51. The second-order valence-electron chi connectivity index (χ2n) is 6.56. The van der Waals surface area contributed by atoms with Crippen LogP contribution in [-0.4, -0.2) is 18.0 Å². The Hall–Kier alpha value is -0.870. The summed E-state index contributed by atoms with van der Waals surface area (Å²) < 4.78 is 22.7. The Labute approximate surface area is 128 Å². The van der Waals surface area contributed by atoms with Crippen molar-refractivity contribution in [3.05, 3.63) is 24.3 Å². The summed E-state index contributed by atoms with van der Waals surface area (Å²) in [4.78, 5) is 0. The van der Waals surface area contributed by atoms with Gasteiger partial charge < -0.3 is 19.5 Å². The molecule has 0 radical (unpaired) electrons. The van der Waals surface area contributed by atoms with Crippen LogP contribution in [0, 0.1) is 0 Å². The maximum atomic E-state index is 5.80. The number of anilines is 1. The molecule has 0 aliphatic rings. The van der Waals surface area contributed by atoms with Crippen LogP contribution in [0.15, 0.2) is 24.3 Å². The van der Waals surface area contributed by atoms with E-state index in [1.54, 1.807) is 12.1 Å². The predicted octanol–water partition coefficient (Wildman–Crippen LogP) is 4.48. The summed E-state index contributed by atoms with van der Waals surface area (Å²) in [5, 5.41) is 0. The minimum absolute atomic E-state index is 0.0199. The molecule has 0 unspecified atom stereocenters. The average Bonchev–Trinajstić information content (AvgIpc) is 2.27. The van der Waals surface area contributed by atoms with Crippen molar-refractivity contribution in [3.63, 3.8) is 0 Å². The molecule has 0 aromatic heterocycles. The first-order valence-electron chi connectivity index (χ1n) is 6.85. The van der Waals surface area contributed by atoms with Crippen molar-refractivity contribution in [1.29, 1.82) is 0 Å². The fraction of sp³-hybridized carbons (Fsp3) is 0.600. The van der Waals surface area contributed by atoms with Crippen LogP contribution in [-0.2, 0) is 13.6 Å². The average molecular weight is 315 g/mol. The van der Waals surface area contributed by atoms with Crippen molar-refractivity contribution in [2.75, 3.05) is 12.5 Å². The Bertz CT molecular complexity index is 424. The zero-order valence-corrected chi connectivity index (χ0v) is 14.6. The Morgan fingerprint density at radius 1 is 0.952 bits per heavy atom. The summed E-state index contributed by atoms with van der Waals surface area (Å²) in [5.74, 6) is 0.582. The monoisotopic (exact) mass is 315 g/mol. The molecule has 0 spiro atoms. The number of hydrogen-bond donors (Lipinski definition) is 1. The number of benzene rings is 1. The highest BCUT2D eigenvalue weighted by atomic mass is 31.2. The number of ether oxygens (including phenoxy) is 1. The smallest absolute Gasteiger partial charge is 0.336 e. The van der Waals surface area contributed by atoms with Crippen molar-refractivity contribution in [3.8, 4) is 5.75 Å². The molecule has 0 saturated carbocycles. The highest BCUT2D eigenvalue weighted by molar-refractivity contribution is 7.41. The molecule has 0 bridgehead atoms. The molecule has 0 aliphatic carbocycles. The number of nitrogen functional groups attached to an aromatic ring is 1. The Morgan fingerprint density at radius 3 is 1.95 bits per heavy atom. The number of rotatable bonds is 6. The summed E-state index contributed by atoms with van der Waals surface area (Å²) >= 11 is 0. The molecule has 0 heterocycles. The van der Waals surface area contributed by atoms with Crippen LogP contribution in [0.3, 0.4) is 0 Å². The van der Waals surface area contributed by atoms with E-state index in [2.05, 4.69) is 0 Å². The van der Waals surface area contributed by atoms with E-state index >= 15 is 0 Å². The Balaban J connectivity index is 2.55. The molecule has 1 rings (SSSR count). The van der Waals surface area contributed by atoms with E-state index in [1.807, 2.05) is 53.7 Å². The van der Waals surface area contributed by atoms with Gasteiger partial charge in [-0.2, -0.15) is 0 Å². The third-order valence-electron chi connectivity index (χ3n) is 1.99. The standard InChI is InChI=1S/C15H26NO4P/c1-14(2,3)19-21(20-15(4,5)6)18-11-17-13-10-8-7-9-12(13)16/h7-10H,11,16H2,1-6H3. The number of para-hydroxylation sites is 2. The quantitative estimate of drug-likeness (QED) is 0.476. The van der Waals surface area contributed by atoms with E-state index in [9.17, 15) is 0 Å². The Kier molecular flexibility index (Phi) is 6.41. The van der Waals surface area contributed by atoms with Gasteiger partial charge in [-0.25, -0.2) is 0 Å². The van der Waals surface area contributed by atoms with Crippen LogP contribution in [0.25, 0.3) is 0 Å². The molecule has 1 aromatic rings. The van der Waals surface area contributed by atoms with Crippen molar-refractivity contribution in [2.45, 2.75) is 52.7 Å². The fourth-order valence-electron chi connectivity index (χ4n) is 1.26. The largest absolute Gasteiger partial charge is 0.465 e. The summed E-state index contributed by atoms with van der Waals surface area (Å²) in [5.41, 5.74) is 5.65. The van der Waals surface area contributed by atoms with Gasteiger partial charge >= 0.3 is 8.60 Å². The number of hydrogen-bond acceptors (Lipinski definition) is 5. The van der Waals surface area contributed by atoms with Gasteiger partial charge in [0.25, 0.3) is 0 Å². The summed E-state index contributed by atoms with van der Waals surface area (Å²) in [6, 6.07) is 7.26. The molecule has 0 amide bonds. The molecule has 5 nitrogen and oxygen atoms in total. The molecule has 0 fully saturated rings. The molecule has 0 saturated heterocycles. The van der Waals surface area contributed by atoms with E-state index in [0.717, 1.165) is 0 Å². The van der Waals surface area contributed by atoms with E-state index in [0.29, 0.717) is 11.4 Å².